The van der Waals surface area contributed by atoms with Crippen LogP contribution in [0, 0.1) is 22.0 Å². The highest BCUT2D eigenvalue weighted by Crippen LogP contribution is 2.34. The van der Waals surface area contributed by atoms with Crippen molar-refractivity contribution in [2.75, 3.05) is 26.8 Å². The molecule has 2 atom stereocenters. The Hall–Kier alpha value is -3.09. The van der Waals surface area contributed by atoms with E-state index in [4.69, 9.17) is 9.47 Å². The number of piperidine rings is 1. The monoisotopic (exact) mass is 398 g/mol. The Bertz CT molecular complexity index is 871. The smallest absolute Gasteiger partial charge is 0.270 e. The van der Waals surface area contributed by atoms with E-state index in [1.54, 1.807) is 37.4 Å². The Morgan fingerprint density at radius 2 is 1.79 bits per heavy atom. The van der Waals surface area contributed by atoms with Crippen LogP contribution in [0.25, 0.3) is 11.1 Å². The van der Waals surface area contributed by atoms with Crippen LogP contribution in [-0.4, -0.2) is 42.5 Å². The molecule has 1 fully saturated rings. The number of non-ortho nitro benzene ring substituents is 1. The lowest BCUT2D eigenvalue weighted by Gasteiger charge is -2.34. The second-order valence-electron chi connectivity index (χ2n) is 7.70. The van der Waals surface area contributed by atoms with Gasteiger partial charge in [0.2, 0.25) is 0 Å². The molecular formula is C22H26N2O5. The lowest BCUT2D eigenvalue weighted by molar-refractivity contribution is -0.384. The van der Waals surface area contributed by atoms with Crippen molar-refractivity contribution in [1.82, 2.24) is 4.90 Å². The average molecular weight is 398 g/mol. The van der Waals surface area contributed by atoms with Gasteiger partial charge in [-0.15, -0.1) is 0 Å². The number of likely N-dealkylation sites (tertiary alicyclic amines) is 1. The van der Waals surface area contributed by atoms with E-state index in [2.05, 4.69) is 13.8 Å². The highest BCUT2D eigenvalue weighted by Gasteiger charge is 2.26. The first-order chi connectivity index (χ1) is 13.9. The number of ether oxygens (including phenoxy) is 2. The van der Waals surface area contributed by atoms with Crippen LogP contribution in [-0.2, 0) is 4.79 Å². The van der Waals surface area contributed by atoms with Crippen molar-refractivity contribution in [1.29, 1.82) is 0 Å². The zero-order chi connectivity index (χ0) is 21.0. The van der Waals surface area contributed by atoms with Gasteiger partial charge in [0, 0.05) is 30.8 Å². The van der Waals surface area contributed by atoms with Gasteiger partial charge < -0.3 is 14.4 Å². The molecule has 3 rings (SSSR count). The fourth-order valence-corrected chi connectivity index (χ4v) is 3.85. The molecule has 7 nitrogen and oxygen atoms in total. The van der Waals surface area contributed by atoms with Crippen molar-refractivity contribution in [2.45, 2.75) is 20.3 Å². The number of carbonyl (C=O) groups is 1. The van der Waals surface area contributed by atoms with E-state index in [1.165, 1.54) is 12.1 Å². The highest BCUT2D eigenvalue weighted by atomic mass is 16.6. The van der Waals surface area contributed by atoms with E-state index in [0.29, 0.717) is 28.9 Å². The van der Waals surface area contributed by atoms with Gasteiger partial charge in [-0.3, -0.25) is 14.9 Å². The van der Waals surface area contributed by atoms with Gasteiger partial charge in [-0.1, -0.05) is 26.0 Å². The van der Waals surface area contributed by atoms with Crippen molar-refractivity contribution in [2.24, 2.45) is 11.8 Å². The zero-order valence-corrected chi connectivity index (χ0v) is 17.0. The lowest BCUT2D eigenvalue weighted by atomic mass is 9.92. The lowest BCUT2D eigenvalue weighted by Crippen LogP contribution is -2.44. The molecule has 1 heterocycles. The Labute approximate surface area is 170 Å². The third-order valence-corrected chi connectivity index (χ3v) is 5.15. The van der Waals surface area contributed by atoms with Crippen LogP contribution < -0.4 is 9.47 Å². The summed E-state index contributed by atoms with van der Waals surface area (Å²) in [5, 5.41) is 11.2. The van der Waals surface area contributed by atoms with Crippen LogP contribution in [0.1, 0.15) is 20.3 Å². The molecule has 0 unspecified atom stereocenters. The van der Waals surface area contributed by atoms with Gasteiger partial charge in [0.25, 0.3) is 11.6 Å². The van der Waals surface area contributed by atoms with Crippen LogP contribution >= 0.6 is 0 Å². The van der Waals surface area contributed by atoms with Crippen LogP contribution in [0.2, 0.25) is 0 Å². The fourth-order valence-electron chi connectivity index (χ4n) is 3.85. The molecule has 1 aliphatic rings. The SMILES string of the molecule is COc1ccc(-c2cc([N+](=O)[O-])ccc2OCC(=O)N2C[C@H](C)C[C@@H](C)C2)cc1. The summed E-state index contributed by atoms with van der Waals surface area (Å²) >= 11 is 0. The molecule has 0 saturated carbocycles. The van der Waals surface area contributed by atoms with Crippen molar-refractivity contribution in [3.8, 4) is 22.6 Å². The summed E-state index contributed by atoms with van der Waals surface area (Å²) in [6.45, 7) is 5.67. The van der Waals surface area contributed by atoms with Gasteiger partial charge in [-0.25, -0.2) is 0 Å². The first-order valence-corrected chi connectivity index (χ1v) is 9.70. The maximum Gasteiger partial charge on any atom is 0.270 e. The molecule has 7 heteroatoms. The molecule has 2 aromatic carbocycles. The number of amides is 1. The number of nitro groups is 1. The fraction of sp³-hybridized carbons (Fsp3) is 0.409. The second kappa shape index (κ2) is 8.94. The van der Waals surface area contributed by atoms with Crippen molar-refractivity contribution in [3.05, 3.63) is 52.6 Å². The molecular weight excluding hydrogens is 372 g/mol. The van der Waals surface area contributed by atoms with Gasteiger partial charge in [-0.2, -0.15) is 0 Å². The summed E-state index contributed by atoms with van der Waals surface area (Å²) in [6.07, 6.45) is 1.12. The summed E-state index contributed by atoms with van der Waals surface area (Å²) in [7, 11) is 1.57. The van der Waals surface area contributed by atoms with E-state index < -0.39 is 4.92 Å². The number of hydrogen-bond acceptors (Lipinski definition) is 5. The van der Waals surface area contributed by atoms with Crippen LogP contribution in [0.15, 0.2) is 42.5 Å². The van der Waals surface area contributed by atoms with E-state index >= 15 is 0 Å². The number of benzene rings is 2. The third-order valence-electron chi connectivity index (χ3n) is 5.15. The Balaban J connectivity index is 1.80. The molecule has 1 amide bonds. The molecule has 154 valence electrons. The Morgan fingerprint density at radius 1 is 1.14 bits per heavy atom. The van der Waals surface area contributed by atoms with Crippen molar-refractivity contribution >= 4 is 11.6 Å². The summed E-state index contributed by atoms with van der Waals surface area (Å²) in [5.41, 5.74) is 1.28. The maximum absolute atomic E-state index is 12.6. The molecule has 0 N–H and O–H groups in total. The minimum absolute atomic E-state index is 0.0341. The summed E-state index contributed by atoms with van der Waals surface area (Å²) in [5.74, 6) is 1.99. The third kappa shape index (κ3) is 5.04. The van der Waals surface area contributed by atoms with E-state index in [1.807, 2.05) is 4.90 Å². The zero-order valence-electron chi connectivity index (χ0n) is 17.0. The number of rotatable bonds is 6. The number of nitrogens with zero attached hydrogens (tertiary/aromatic N) is 2. The summed E-state index contributed by atoms with van der Waals surface area (Å²) in [4.78, 5) is 25.3. The predicted octanol–water partition coefficient (Wildman–Crippen LogP) is 4.15. The Kier molecular flexibility index (Phi) is 6.36. The van der Waals surface area contributed by atoms with Gasteiger partial charge in [0.1, 0.15) is 11.5 Å². The minimum atomic E-state index is -0.446. The molecule has 29 heavy (non-hydrogen) atoms. The minimum Gasteiger partial charge on any atom is -0.497 e. The molecule has 0 radical (unpaired) electrons. The van der Waals surface area contributed by atoms with Crippen LogP contribution in [0.3, 0.4) is 0 Å². The molecule has 0 aliphatic carbocycles. The molecule has 0 aromatic heterocycles. The average Bonchev–Trinajstić information content (AvgIpc) is 2.71. The predicted molar refractivity (Wildman–Crippen MR) is 110 cm³/mol. The number of methoxy groups -OCH3 is 1. The maximum atomic E-state index is 12.6. The number of nitro benzene ring substituents is 1. The molecule has 1 saturated heterocycles. The molecule has 1 aliphatic heterocycles. The Morgan fingerprint density at radius 3 is 2.38 bits per heavy atom. The topological polar surface area (TPSA) is 81.9 Å². The van der Waals surface area contributed by atoms with E-state index in [9.17, 15) is 14.9 Å². The van der Waals surface area contributed by atoms with Crippen LogP contribution in [0.5, 0.6) is 11.5 Å². The standard InChI is InChI=1S/C22H26N2O5/c1-15-10-16(2)13-23(12-15)22(25)14-29-21-9-6-18(24(26)27)11-20(21)17-4-7-19(28-3)8-5-17/h4-9,11,15-16H,10,12-14H2,1-3H3/t15-,16-/m1/s1. The molecule has 0 bridgehead atoms. The first-order valence-electron chi connectivity index (χ1n) is 9.70. The number of hydrogen-bond donors (Lipinski definition) is 0. The largest absolute Gasteiger partial charge is 0.497 e. The van der Waals surface area contributed by atoms with Crippen molar-refractivity contribution in [3.63, 3.8) is 0 Å². The van der Waals surface area contributed by atoms with Gasteiger partial charge >= 0.3 is 0 Å². The second-order valence-corrected chi connectivity index (χ2v) is 7.70. The number of carbonyl (C=O) groups excluding carboxylic acids is 1. The molecule has 0 spiro atoms. The van der Waals surface area contributed by atoms with E-state index in [0.717, 1.165) is 25.1 Å². The summed E-state index contributed by atoms with van der Waals surface area (Å²) < 4.78 is 11.0. The highest BCUT2D eigenvalue weighted by molar-refractivity contribution is 5.79. The van der Waals surface area contributed by atoms with Gasteiger partial charge in [-0.05, 0) is 42.0 Å². The van der Waals surface area contributed by atoms with E-state index in [-0.39, 0.29) is 18.2 Å². The molecule has 2 aromatic rings. The van der Waals surface area contributed by atoms with Crippen LogP contribution in [0.4, 0.5) is 5.69 Å². The quantitative estimate of drug-likeness (QED) is 0.539. The first kappa shape index (κ1) is 20.6. The normalized spacial score (nSPS) is 18.9. The van der Waals surface area contributed by atoms with Gasteiger partial charge in [0.05, 0.1) is 12.0 Å². The van der Waals surface area contributed by atoms with Gasteiger partial charge in [0.15, 0.2) is 6.61 Å². The summed E-state index contributed by atoms with van der Waals surface area (Å²) in [6, 6.07) is 11.6. The van der Waals surface area contributed by atoms with Crippen molar-refractivity contribution < 1.29 is 19.2 Å².